The molecule has 9 heteroatoms. The molecule has 0 saturated carbocycles. The summed E-state index contributed by atoms with van der Waals surface area (Å²) >= 11 is 1.48. The molecule has 1 aliphatic heterocycles. The number of aliphatic imine (C=N–C) groups is 1. The fraction of sp³-hybridized carbons (Fsp3) is 0.172. The van der Waals surface area contributed by atoms with Gasteiger partial charge in [0.25, 0.3) is 0 Å². The molecule has 0 fully saturated rings. The second kappa shape index (κ2) is 9.75. The van der Waals surface area contributed by atoms with Crippen molar-refractivity contribution in [1.82, 2.24) is 14.9 Å². The standard InChI is InChI=1S/C29H24N4O4S/c34-25(16-24-30-11-13-38-24)33-12-10-18-14-20(7-9-23(18)33)31-27(17-4-2-1-3-5-17)26-21-8-6-19(29(36)37)15-22(21)32-28(26)35/h1-9,11,13,15,20,32,35H,10,12,14,16H2,(H,36,37). The highest BCUT2D eigenvalue weighted by Crippen LogP contribution is 2.35. The van der Waals surface area contributed by atoms with Crippen molar-refractivity contribution in [2.45, 2.75) is 25.3 Å². The molecule has 1 unspecified atom stereocenters. The van der Waals surface area contributed by atoms with Gasteiger partial charge >= 0.3 is 5.97 Å². The molecule has 1 atom stereocenters. The van der Waals surface area contributed by atoms with Crippen molar-refractivity contribution < 1.29 is 19.8 Å². The third-order valence-corrected chi connectivity index (χ3v) is 7.69. The summed E-state index contributed by atoms with van der Waals surface area (Å²) < 4.78 is 0. The van der Waals surface area contributed by atoms with Crippen LogP contribution in [0.1, 0.15) is 39.3 Å². The van der Waals surface area contributed by atoms with E-state index in [9.17, 15) is 19.8 Å². The number of carboxylic acid groups (broad SMARTS) is 1. The van der Waals surface area contributed by atoms with Gasteiger partial charge in [-0.3, -0.25) is 9.79 Å². The monoisotopic (exact) mass is 524 g/mol. The summed E-state index contributed by atoms with van der Waals surface area (Å²) in [5, 5.41) is 23.7. The Morgan fingerprint density at radius 1 is 1.16 bits per heavy atom. The molecule has 38 heavy (non-hydrogen) atoms. The second-order valence-corrected chi connectivity index (χ2v) is 10.3. The van der Waals surface area contributed by atoms with E-state index >= 15 is 0 Å². The van der Waals surface area contributed by atoms with Crippen LogP contribution in [0.5, 0.6) is 5.88 Å². The van der Waals surface area contributed by atoms with Gasteiger partial charge < -0.3 is 20.1 Å². The first-order chi connectivity index (χ1) is 18.5. The first-order valence-electron chi connectivity index (χ1n) is 12.3. The fourth-order valence-corrected chi connectivity index (χ4v) is 5.74. The van der Waals surface area contributed by atoms with Gasteiger partial charge in [0, 0.05) is 40.3 Å². The zero-order valence-electron chi connectivity index (χ0n) is 20.3. The van der Waals surface area contributed by atoms with Gasteiger partial charge in [-0.05, 0) is 36.6 Å². The number of aromatic amines is 1. The maximum Gasteiger partial charge on any atom is 0.335 e. The molecule has 8 nitrogen and oxygen atoms in total. The van der Waals surface area contributed by atoms with Crippen molar-refractivity contribution in [3.05, 3.63) is 105 Å². The molecule has 2 aliphatic rings. The predicted molar refractivity (Wildman–Crippen MR) is 146 cm³/mol. The number of hydrogen-bond acceptors (Lipinski definition) is 6. The molecule has 6 rings (SSSR count). The summed E-state index contributed by atoms with van der Waals surface area (Å²) in [6.45, 7) is 0.649. The Bertz CT molecular complexity index is 1630. The lowest BCUT2D eigenvalue weighted by atomic mass is 9.96. The second-order valence-electron chi connectivity index (χ2n) is 9.28. The first kappa shape index (κ1) is 23.9. The van der Waals surface area contributed by atoms with Gasteiger partial charge in [-0.2, -0.15) is 0 Å². The van der Waals surface area contributed by atoms with Gasteiger partial charge in [0.15, 0.2) is 5.88 Å². The van der Waals surface area contributed by atoms with Crippen LogP contribution in [0.15, 0.2) is 88.5 Å². The number of carbonyl (C=O) groups excluding carboxylic acids is 1. The molecule has 190 valence electrons. The third-order valence-electron chi connectivity index (χ3n) is 6.91. The van der Waals surface area contributed by atoms with Crippen LogP contribution in [0, 0.1) is 0 Å². The quantitative estimate of drug-likeness (QED) is 0.309. The van der Waals surface area contributed by atoms with E-state index in [0.29, 0.717) is 41.6 Å². The number of H-pyrrole nitrogens is 1. The van der Waals surface area contributed by atoms with Crippen molar-refractivity contribution in [3.8, 4) is 5.88 Å². The highest BCUT2D eigenvalue weighted by atomic mass is 32.1. The molecule has 3 heterocycles. The van der Waals surface area contributed by atoms with Gasteiger partial charge in [-0.15, -0.1) is 11.3 Å². The van der Waals surface area contributed by atoms with E-state index in [1.807, 2.05) is 52.8 Å². The molecular weight excluding hydrogens is 500 g/mol. The summed E-state index contributed by atoms with van der Waals surface area (Å²) in [5.41, 5.74) is 4.79. The summed E-state index contributed by atoms with van der Waals surface area (Å²) in [5.74, 6) is -1.05. The molecular formula is C29H24N4O4S. The number of nitrogens with one attached hydrogen (secondary N) is 1. The van der Waals surface area contributed by atoms with E-state index in [1.54, 1.807) is 12.3 Å². The average molecular weight is 525 g/mol. The third kappa shape index (κ3) is 4.41. The van der Waals surface area contributed by atoms with Crippen molar-refractivity contribution in [2.75, 3.05) is 6.54 Å². The smallest absolute Gasteiger partial charge is 0.335 e. The topological polar surface area (TPSA) is 119 Å². The average Bonchev–Trinajstić information content (AvgIpc) is 3.65. The number of nitrogens with zero attached hydrogens (tertiary/aromatic N) is 3. The Hall–Kier alpha value is -4.50. The Kier molecular flexibility index (Phi) is 6.13. The number of hydrogen-bond donors (Lipinski definition) is 3. The Morgan fingerprint density at radius 3 is 2.76 bits per heavy atom. The molecule has 0 saturated heterocycles. The fourth-order valence-electron chi connectivity index (χ4n) is 5.14. The number of aromatic carboxylic acids is 1. The minimum Gasteiger partial charge on any atom is -0.494 e. The van der Waals surface area contributed by atoms with Crippen LogP contribution in [0.2, 0.25) is 0 Å². The molecule has 3 N–H and O–H groups in total. The molecule has 0 spiro atoms. The number of carboxylic acids is 1. The first-order valence-corrected chi connectivity index (χ1v) is 13.2. The molecule has 2 aromatic heterocycles. The van der Waals surface area contributed by atoms with Crippen LogP contribution in [0.3, 0.4) is 0 Å². The van der Waals surface area contributed by atoms with Crippen LogP contribution in [-0.4, -0.2) is 55.3 Å². The van der Waals surface area contributed by atoms with E-state index < -0.39 is 5.97 Å². The predicted octanol–water partition coefficient (Wildman–Crippen LogP) is 4.92. The Morgan fingerprint density at radius 2 is 2.00 bits per heavy atom. The number of rotatable bonds is 6. The van der Waals surface area contributed by atoms with Crippen molar-refractivity contribution in [3.63, 3.8) is 0 Å². The zero-order chi connectivity index (χ0) is 26.2. The van der Waals surface area contributed by atoms with Crippen LogP contribution < -0.4 is 0 Å². The Labute approximate surface area is 222 Å². The summed E-state index contributed by atoms with van der Waals surface area (Å²) in [6, 6.07) is 14.2. The lowest BCUT2D eigenvalue weighted by Crippen LogP contribution is -2.29. The van der Waals surface area contributed by atoms with Gasteiger partial charge in [-0.25, -0.2) is 9.78 Å². The van der Waals surface area contributed by atoms with Crippen LogP contribution in [-0.2, 0) is 11.2 Å². The number of allylic oxidation sites excluding steroid dienone is 1. The highest BCUT2D eigenvalue weighted by Gasteiger charge is 2.30. The number of carbonyl (C=O) groups is 2. The number of fused-ring (bicyclic) bond motifs is 1. The van der Waals surface area contributed by atoms with E-state index in [1.165, 1.54) is 29.0 Å². The molecule has 1 aliphatic carbocycles. The number of amides is 1. The van der Waals surface area contributed by atoms with E-state index in [4.69, 9.17) is 4.99 Å². The SMILES string of the molecule is O=C(O)c1ccc2c(C(=NC3C=CC4=C(CCN4C(=O)Cc4nccs4)C3)c3ccccc3)c(O)[nH]c2c1. The van der Waals surface area contributed by atoms with Crippen LogP contribution in [0.25, 0.3) is 10.9 Å². The lowest BCUT2D eigenvalue weighted by Gasteiger charge is -2.22. The molecule has 0 bridgehead atoms. The molecule has 0 radical (unpaired) electrons. The summed E-state index contributed by atoms with van der Waals surface area (Å²) in [4.78, 5) is 38.5. The van der Waals surface area contributed by atoms with Crippen LogP contribution >= 0.6 is 11.3 Å². The number of benzene rings is 2. The minimum atomic E-state index is -1.04. The minimum absolute atomic E-state index is 0.0472. The largest absolute Gasteiger partial charge is 0.494 e. The normalized spacial score (nSPS) is 17.3. The summed E-state index contributed by atoms with van der Waals surface area (Å²) in [6.07, 6.45) is 7.47. The van der Waals surface area contributed by atoms with Gasteiger partial charge in [0.1, 0.15) is 5.01 Å². The van der Waals surface area contributed by atoms with E-state index in [0.717, 1.165) is 22.7 Å². The zero-order valence-corrected chi connectivity index (χ0v) is 21.1. The van der Waals surface area contributed by atoms with E-state index in [2.05, 4.69) is 9.97 Å². The molecule has 4 aromatic rings. The van der Waals surface area contributed by atoms with E-state index in [-0.39, 0.29) is 23.4 Å². The number of thiazole rings is 1. The number of aromatic hydroxyl groups is 1. The Balaban J connectivity index is 1.33. The van der Waals surface area contributed by atoms with Gasteiger partial charge in [0.2, 0.25) is 5.91 Å². The van der Waals surface area contributed by atoms with Crippen LogP contribution in [0.4, 0.5) is 0 Å². The van der Waals surface area contributed by atoms with Gasteiger partial charge in [0.05, 0.1) is 29.3 Å². The molecule has 2 aromatic carbocycles. The summed E-state index contributed by atoms with van der Waals surface area (Å²) in [7, 11) is 0. The lowest BCUT2D eigenvalue weighted by molar-refractivity contribution is -0.128. The highest BCUT2D eigenvalue weighted by molar-refractivity contribution is 7.09. The van der Waals surface area contributed by atoms with Gasteiger partial charge in [-0.1, -0.05) is 42.5 Å². The number of aromatic nitrogens is 2. The maximum atomic E-state index is 12.9. The van der Waals surface area contributed by atoms with Crippen molar-refractivity contribution >= 4 is 39.8 Å². The van der Waals surface area contributed by atoms with Crippen molar-refractivity contribution in [2.24, 2.45) is 4.99 Å². The molecule has 1 amide bonds. The van der Waals surface area contributed by atoms with Crippen molar-refractivity contribution in [1.29, 1.82) is 0 Å². The maximum absolute atomic E-state index is 12.9.